The van der Waals surface area contributed by atoms with E-state index in [9.17, 15) is 4.79 Å². The minimum atomic E-state index is -0.766. The molecule has 5 heteroatoms. The summed E-state index contributed by atoms with van der Waals surface area (Å²) in [7, 11) is 0. The number of allylic oxidation sites excluding steroid dienone is 1. The van der Waals surface area contributed by atoms with E-state index in [2.05, 4.69) is 53.4 Å². The molecular formula is C30H39NO4. The third-order valence-corrected chi connectivity index (χ3v) is 7.20. The number of rotatable bonds is 11. The molecule has 1 N–H and O–H groups in total. The number of carboxylic acids is 1. The van der Waals surface area contributed by atoms with Gasteiger partial charge in [-0.1, -0.05) is 79.6 Å². The molecule has 5 nitrogen and oxygen atoms in total. The molecule has 1 aliphatic carbocycles. The number of benzene rings is 2. The average molecular weight is 478 g/mol. The number of hydrogen-bond acceptors (Lipinski definition) is 4. The van der Waals surface area contributed by atoms with Gasteiger partial charge in [0.25, 0.3) is 0 Å². The van der Waals surface area contributed by atoms with Gasteiger partial charge in [-0.25, -0.2) is 0 Å². The second-order valence-electron chi connectivity index (χ2n) is 9.71. The molecule has 2 aliphatic rings. The maximum absolute atomic E-state index is 10.7. The quantitative estimate of drug-likeness (QED) is 0.397. The highest BCUT2D eigenvalue weighted by Gasteiger charge is 2.40. The third kappa shape index (κ3) is 7.76. The third-order valence-electron chi connectivity index (χ3n) is 7.20. The van der Waals surface area contributed by atoms with Crippen LogP contribution in [0.25, 0.3) is 11.1 Å². The van der Waals surface area contributed by atoms with Crippen LogP contribution in [0.2, 0.25) is 0 Å². The molecule has 2 fully saturated rings. The van der Waals surface area contributed by atoms with Crippen molar-refractivity contribution in [2.75, 3.05) is 19.7 Å². The first-order valence-corrected chi connectivity index (χ1v) is 13.2. The standard InChI is InChI=1S/C30H39NO4/c32-29(33)13-7-4-10-22-34-30-27(31-20-8-1-2-9-21-31)18-19-28(30)35-23-24-14-16-26(17-15-24)25-11-5-3-6-12-25/h3-6,10-12,14-17,27-28,30H,1-2,7-9,13,18-23H2,(H,32,33)/t27-,28-,30+/m0/s1. The normalized spacial score (nSPS) is 23.5. The van der Waals surface area contributed by atoms with E-state index in [1.54, 1.807) is 0 Å². The highest BCUT2D eigenvalue weighted by atomic mass is 16.5. The predicted molar refractivity (Wildman–Crippen MR) is 139 cm³/mol. The molecule has 35 heavy (non-hydrogen) atoms. The van der Waals surface area contributed by atoms with Crippen LogP contribution >= 0.6 is 0 Å². The van der Waals surface area contributed by atoms with Gasteiger partial charge in [0.05, 0.1) is 25.4 Å². The smallest absolute Gasteiger partial charge is 0.303 e. The molecule has 4 rings (SSSR count). The molecule has 1 saturated heterocycles. The maximum atomic E-state index is 10.7. The van der Waals surface area contributed by atoms with E-state index in [0.29, 0.717) is 25.7 Å². The van der Waals surface area contributed by atoms with Gasteiger partial charge in [0, 0.05) is 12.5 Å². The van der Waals surface area contributed by atoms with Crippen LogP contribution in [0.5, 0.6) is 0 Å². The van der Waals surface area contributed by atoms with E-state index in [1.807, 2.05) is 18.2 Å². The SMILES string of the molecule is O=C(O)CCC=CCO[C@H]1[C@@H](OCc2ccc(-c3ccccc3)cc2)CC[C@@H]1N1CCCCCC1. The van der Waals surface area contributed by atoms with Crippen molar-refractivity contribution in [2.45, 2.75) is 76.2 Å². The van der Waals surface area contributed by atoms with Gasteiger partial charge in [0.2, 0.25) is 0 Å². The highest BCUT2D eigenvalue weighted by molar-refractivity contribution is 5.66. The van der Waals surface area contributed by atoms with E-state index < -0.39 is 5.97 Å². The molecule has 1 saturated carbocycles. The minimum Gasteiger partial charge on any atom is -0.481 e. The summed E-state index contributed by atoms with van der Waals surface area (Å²) in [5.74, 6) is -0.766. The lowest BCUT2D eigenvalue weighted by molar-refractivity contribution is -0.136. The molecule has 188 valence electrons. The van der Waals surface area contributed by atoms with Crippen molar-refractivity contribution < 1.29 is 19.4 Å². The van der Waals surface area contributed by atoms with Crippen molar-refractivity contribution in [1.29, 1.82) is 0 Å². The number of carbonyl (C=O) groups is 1. The first kappa shape index (κ1) is 25.6. The summed E-state index contributed by atoms with van der Waals surface area (Å²) < 4.78 is 12.8. The molecule has 1 heterocycles. The average Bonchev–Trinajstić information content (AvgIpc) is 3.08. The van der Waals surface area contributed by atoms with Crippen molar-refractivity contribution in [3.8, 4) is 11.1 Å². The zero-order valence-corrected chi connectivity index (χ0v) is 20.7. The van der Waals surface area contributed by atoms with Gasteiger partial charge in [-0.05, 0) is 61.9 Å². The molecular weight excluding hydrogens is 438 g/mol. The van der Waals surface area contributed by atoms with Crippen molar-refractivity contribution in [1.82, 2.24) is 4.90 Å². The summed E-state index contributed by atoms with van der Waals surface area (Å²) >= 11 is 0. The maximum Gasteiger partial charge on any atom is 0.303 e. The van der Waals surface area contributed by atoms with Crippen LogP contribution in [0.3, 0.4) is 0 Å². The van der Waals surface area contributed by atoms with Crippen LogP contribution in [-0.2, 0) is 20.9 Å². The first-order chi connectivity index (χ1) is 17.2. The molecule has 0 amide bonds. The van der Waals surface area contributed by atoms with Crippen molar-refractivity contribution in [3.63, 3.8) is 0 Å². The van der Waals surface area contributed by atoms with Crippen LogP contribution in [0, 0.1) is 0 Å². The number of carboxylic acid groups (broad SMARTS) is 1. The van der Waals surface area contributed by atoms with Crippen LogP contribution in [0.15, 0.2) is 66.7 Å². The topological polar surface area (TPSA) is 59.0 Å². The molecule has 3 atom stereocenters. The molecule has 0 unspecified atom stereocenters. The van der Waals surface area contributed by atoms with Gasteiger partial charge in [-0.2, -0.15) is 0 Å². The van der Waals surface area contributed by atoms with Gasteiger partial charge in [-0.3, -0.25) is 9.69 Å². The Morgan fingerprint density at radius 2 is 1.60 bits per heavy atom. The fourth-order valence-electron chi connectivity index (χ4n) is 5.31. The second kappa shape index (κ2) is 13.6. The van der Waals surface area contributed by atoms with Crippen LogP contribution in [0.4, 0.5) is 0 Å². The number of ether oxygens (including phenoxy) is 2. The van der Waals surface area contributed by atoms with Gasteiger partial charge in [-0.15, -0.1) is 0 Å². The lowest BCUT2D eigenvalue weighted by Crippen LogP contribution is -2.45. The van der Waals surface area contributed by atoms with E-state index in [1.165, 1.54) is 42.4 Å². The number of hydrogen-bond donors (Lipinski definition) is 1. The largest absolute Gasteiger partial charge is 0.481 e. The van der Waals surface area contributed by atoms with E-state index in [0.717, 1.165) is 25.9 Å². The Morgan fingerprint density at radius 3 is 2.31 bits per heavy atom. The predicted octanol–water partition coefficient (Wildman–Crippen LogP) is 6.08. The number of likely N-dealkylation sites (tertiary alicyclic amines) is 1. The van der Waals surface area contributed by atoms with Crippen LogP contribution < -0.4 is 0 Å². The van der Waals surface area contributed by atoms with Crippen molar-refractivity contribution in [3.05, 3.63) is 72.3 Å². The summed E-state index contributed by atoms with van der Waals surface area (Å²) in [6, 6.07) is 19.5. The highest BCUT2D eigenvalue weighted by Crippen LogP contribution is 2.32. The Balaban J connectivity index is 1.35. The first-order valence-electron chi connectivity index (χ1n) is 13.2. The van der Waals surface area contributed by atoms with Gasteiger partial charge in [0.1, 0.15) is 0 Å². The fourth-order valence-corrected chi connectivity index (χ4v) is 5.31. The second-order valence-corrected chi connectivity index (χ2v) is 9.71. The number of nitrogens with zero attached hydrogens (tertiary/aromatic N) is 1. The van der Waals surface area contributed by atoms with Gasteiger partial charge in [0.15, 0.2) is 0 Å². The van der Waals surface area contributed by atoms with E-state index >= 15 is 0 Å². The monoisotopic (exact) mass is 477 g/mol. The Hall–Kier alpha value is -2.47. The van der Waals surface area contributed by atoms with Crippen molar-refractivity contribution in [2.24, 2.45) is 0 Å². The molecule has 0 radical (unpaired) electrons. The van der Waals surface area contributed by atoms with E-state index in [4.69, 9.17) is 14.6 Å². The van der Waals surface area contributed by atoms with Crippen molar-refractivity contribution >= 4 is 5.97 Å². The molecule has 1 aliphatic heterocycles. The minimum absolute atomic E-state index is 0.0424. The molecule has 2 aromatic rings. The lowest BCUT2D eigenvalue weighted by Gasteiger charge is -2.33. The Kier molecular flexibility index (Phi) is 9.94. The summed E-state index contributed by atoms with van der Waals surface area (Å²) in [5, 5.41) is 8.82. The summed E-state index contributed by atoms with van der Waals surface area (Å²) in [4.78, 5) is 13.4. The van der Waals surface area contributed by atoms with E-state index in [-0.39, 0.29) is 18.6 Å². The summed E-state index contributed by atoms with van der Waals surface area (Å²) in [6.45, 7) is 3.38. The molecule has 0 spiro atoms. The fraction of sp³-hybridized carbons (Fsp3) is 0.500. The lowest BCUT2D eigenvalue weighted by atomic mass is 10.0. The summed E-state index contributed by atoms with van der Waals surface area (Å²) in [6.07, 6.45) is 12.0. The molecule has 2 aromatic carbocycles. The summed E-state index contributed by atoms with van der Waals surface area (Å²) in [5.41, 5.74) is 3.61. The number of aliphatic carboxylic acids is 1. The van der Waals surface area contributed by atoms with Crippen LogP contribution in [0.1, 0.15) is 56.9 Å². The van der Waals surface area contributed by atoms with Gasteiger partial charge < -0.3 is 14.6 Å². The zero-order valence-electron chi connectivity index (χ0n) is 20.7. The Morgan fingerprint density at radius 1 is 0.886 bits per heavy atom. The zero-order chi connectivity index (χ0) is 24.3. The molecule has 0 bridgehead atoms. The molecule has 0 aromatic heterocycles. The Labute approximate surface area is 209 Å². The van der Waals surface area contributed by atoms with Gasteiger partial charge >= 0.3 is 5.97 Å². The Bertz CT molecular complexity index is 919. The van der Waals surface area contributed by atoms with Crippen LogP contribution in [-0.4, -0.2) is 53.9 Å².